The van der Waals surface area contributed by atoms with Crippen LogP contribution < -0.4 is 14.8 Å². The molecule has 6 nitrogen and oxygen atoms in total. The van der Waals surface area contributed by atoms with E-state index in [4.69, 9.17) is 9.47 Å². The van der Waals surface area contributed by atoms with Crippen LogP contribution in [0.5, 0.6) is 17.2 Å². The molecule has 0 radical (unpaired) electrons. The highest BCUT2D eigenvalue weighted by atomic mass is 79.9. The molecule has 4 aromatic rings. The van der Waals surface area contributed by atoms with Crippen molar-refractivity contribution in [3.05, 3.63) is 101 Å². The molecule has 0 fully saturated rings. The zero-order chi connectivity index (χ0) is 22.3. The molecule has 0 aliphatic heterocycles. The number of aromatic nitrogens is 2. The molecule has 32 heavy (non-hydrogen) atoms. The van der Waals surface area contributed by atoms with E-state index in [1.807, 2.05) is 16.8 Å². The van der Waals surface area contributed by atoms with Crippen molar-refractivity contribution in [2.45, 2.75) is 6.54 Å². The molecule has 4 rings (SSSR count). The van der Waals surface area contributed by atoms with E-state index in [-0.39, 0.29) is 11.3 Å². The van der Waals surface area contributed by atoms with E-state index in [9.17, 15) is 9.18 Å². The summed E-state index contributed by atoms with van der Waals surface area (Å²) >= 11 is 3.34. The molecule has 0 aliphatic rings. The lowest BCUT2D eigenvalue weighted by atomic mass is 10.2. The Bertz CT molecular complexity index is 1200. The summed E-state index contributed by atoms with van der Waals surface area (Å²) in [5.74, 6) is -0.0370. The van der Waals surface area contributed by atoms with Gasteiger partial charge in [-0.15, -0.1) is 0 Å². The topological polar surface area (TPSA) is 65.4 Å². The van der Waals surface area contributed by atoms with Crippen molar-refractivity contribution in [3.63, 3.8) is 0 Å². The fraction of sp³-hybridized carbons (Fsp3) is 0.0833. The monoisotopic (exact) mass is 495 g/mol. The van der Waals surface area contributed by atoms with Gasteiger partial charge in [-0.2, -0.15) is 0 Å². The van der Waals surface area contributed by atoms with Gasteiger partial charge in [0.25, 0.3) is 5.91 Å². The summed E-state index contributed by atoms with van der Waals surface area (Å²) in [5.41, 5.74) is 0.664. The molecular weight excluding hydrogens is 477 g/mol. The SMILES string of the molecule is O=C(Nc1ccccc1OCCn1ccnc1)c1ccc(Oc2ccc(Br)cc2)c(F)c1. The van der Waals surface area contributed by atoms with Gasteiger partial charge in [-0.25, -0.2) is 9.37 Å². The molecule has 8 heteroatoms. The first-order valence-electron chi connectivity index (χ1n) is 9.80. The number of imidazole rings is 1. The number of carbonyl (C=O) groups is 1. The van der Waals surface area contributed by atoms with Crippen LogP contribution in [0.3, 0.4) is 0 Å². The third-order valence-electron chi connectivity index (χ3n) is 4.54. The highest BCUT2D eigenvalue weighted by Gasteiger charge is 2.13. The fourth-order valence-corrected chi connectivity index (χ4v) is 3.19. The smallest absolute Gasteiger partial charge is 0.255 e. The number of rotatable bonds is 8. The first-order chi connectivity index (χ1) is 15.6. The van der Waals surface area contributed by atoms with Gasteiger partial charge in [0.15, 0.2) is 11.6 Å². The second kappa shape index (κ2) is 10.1. The van der Waals surface area contributed by atoms with Gasteiger partial charge in [-0.05, 0) is 54.6 Å². The van der Waals surface area contributed by atoms with Crippen molar-refractivity contribution >= 4 is 27.5 Å². The van der Waals surface area contributed by atoms with E-state index >= 15 is 0 Å². The van der Waals surface area contributed by atoms with Crippen LogP contribution in [0.4, 0.5) is 10.1 Å². The van der Waals surface area contributed by atoms with Gasteiger partial charge in [0, 0.05) is 22.4 Å². The minimum Gasteiger partial charge on any atom is -0.490 e. The lowest BCUT2D eigenvalue weighted by Crippen LogP contribution is -2.14. The average molecular weight is 496 g/mol. The third-order valence-corrected chi connectivity index (χ3v) is 5.07. The van der Waals surface area contributed by atoms with Gasteiger partial charge in [-0.3, -0.25) is 4.79 Å². The lowest BCUT2D eigenvalue weighted by Gasteiger charge is -2.13. The number of benzene rings is 3. The van der Waals surface area contributed by atoms with Crippen molar-refractivity contribution < 1.29 is 18.7 Å². The van der Waals surface area contributed by atoms with Crippen molar-refractivity contribution in [2.24, 2.45) is 0 Å². The van der Waals surface area contributed by atoms with Crippen molar-refractivity contribution in [2.75, 3.05) is 11.9 Å². The maximum absolute atomic E-state index is 14.5. The van der Waals surface area contributed by atoms with Crippen LogP contribution >= 0.6 is 15.9 Å². The van der Waals surface area contributed by atoms with Crippen LogP contribution in [0, 0.1) is 5.82 Å². The second-order valence-electron chi connectivity index (χ2n) is 6.80. The van der Waals surface area contributed by atoms with E-state index in [0.717, 1.165) is 10.5 Å². The summed E-state index contributed by atoms with van der Waals surface area (Å²) < 4.78 is 28.7. The molecule has 1 N–H and O–H groups in total. The summed E-state index contributed by atoms with van der Waals surface area (Å²) in [6.07, 6.45) is 5.24. The number of hydrogen-bond donors (Lipinski definition) is 1. The number of halogens is 2. The third kappa shape index (κ3) is 5.53. The summed E-state index contributed by atoms with van der Waals surface area (Å²) in [7, 11) is 0. The maximum atomic E-state index is 14.5. The predicted molar refractivity (Wildman–Crippen MR) is 123 cm³/mol. The number of ether oxygens (including phenoxy) is 2. The standard InChI is InChI=1S/C24H19BrFN3O3/c25-18-6-8-19(9-7-18)32-22-10-5-17(15-20(22)26)24(30)28-21-3-1-2-4-23(21)31-14-13-29-12-11-27-16-29/h1-12,15-16H,13-14H2,(H,28,30). The van der Waals surface area contributed by atoms with Crippen LogP contribution in [-0.4, -0.2) is 22.1 Å². The highest BCUT2D eigenvalue weighted by molar-refractivity contribution is 9.10. The lowest BCUT2D eigenvalue weighted by molar-refractivity contribution is 0.102. The van der Waals surface area contributed by atoms with Crippen LogP contribution in [0.25, 0.3) is 0 Å². The number of anilines is 1. The van der Waals surface area contributed by atoms with Crippen LogP contribution in [0.15, 0.2) is 89.9 Å². The van der Waals surface area contributed by atoms with E-state index in [1.165, 1.54) is 12.1 Å². The number of para-hydroxylation sites is 2. The minimum absolute atomic E-state index is 0.0344. The Balaban J connectivity index is 1.41. The van der Waals surface area contributed by atoms with Crippen molar-refractivity contribution in [3.8, 4) is 17.2 Å². The molecule has 3 aromatic carbocycles. The first kappa shape index (κ1) is 21.6. The molecule has 0 saturated heterocycles. The molecule has 0 spiro atoms. The van der Waals surface area contributed by atoms with Crippen LogP contribution in [0.2, 0.25) is 0 Å². The van der Waals surface area contributed by atoms with Gasteiger partial charge < -0.3 is 19.4 Å². The number of amides is 1. The van der Waals surface area contributed by atoms with Crippen LogP contribution in [-0.2, 0) is 6.54 Å². The van der Waals surface area contributed by atoms with Gasteiger partial charge in [0.2, 0.25) is 0 Å². The van der Waals surface area contributed by atoms with E-state index in [2.05, 4.69) is 26.2 Å². The Morgan fingerprint density at radius 1 is 1.06 bits per heavy atom. The zero-order valence-corrected chi connectivity index (χ0v) is 18.5. The first-order valence-corrected chi connectivity index (χ1v) is 10.6. The molecule has 0 aliphatic carbocycles. The van der Waals surface area contributed by atoms with Gasteiger partial charge in [0.1, 0.15) is 18.1 Å². The van der Waals surface area contributed by atoms with E-state index < -0.39 is 11.7 Å². The minimum atomic E-state index is -0.634. The average Bonchev–Trinajstić information content (AvgIpc) is 3.31. The normalized spacial score (nSPS) is 10.6. The van der Waals surface area contributed by atoms with Crippen molar-refractivity contribution in [1.29, 1.82) is 0 Å². The van der Waals surface area contributed by atoms with Crippen LogP contribution in [0.1, 0.15) is 10.4 Å². The quantitative estimate of drug-likeness (QED) is 0.330. The molecule has 1 heterocycles. The number of hydrogen-bond acceptors (Lipinski definition) is 4. The Kier molecular flexibility index (Phi) is 6.81. The van der Waals surface area contributed by atoms with Gasteiger partial charge >= 0.3 is 0 Å². The number of carbonyl (C=O) groups excluding carboxylic acids is 1. The molecule has 0 atom stereocenters. The summed E-state index contributed by atoms with van der Waals surface area (Å²) in [6, 6.07) is 18.2. The molecule has 0 saturated carbocycles. The fourth-order valence-electron chi connectivity index (χ4n) is 2.92. The molecule has 0 bridgehead atoms. The zero-order valence-electron chi connectivity index (χ0n) is 16.9. The molecule has 1 aromatic heterocycles. The summed E-state index contributed by atoms with van der Waals surface area (Å²) in [4.78, 5) is 16.7. The molecule has 162 valence electrons. The van der Waals surface area contributed by atoms with E-state index in [0.29, 0.717) is 30.3 Å². The Morgan fingerprint density at radius 3 is 2.62 bits per heavy atom. The van der Waals surface area contributed by atoms with Gasteiger partial charge in [0.05, 0.1) is 18.6 Å². The number of nitrogens with zero attached hydrogens (tertiary/aromatic N) is 2. The molecule has 0 unspecified atom stereocenters. The second-order valence-corrected chi connectivity index (χ2v) is 7.72. The summed E-state index contributed by atoms with van der Waals surface area (Å²) in [5, 5.41) is 2.78. The maximum Gasteiger partial charge on any atom is 0.255 e. The van der Waals surface area contributed by atoms with Gasteiger partial charge in [-0.1, -0.05) is 28.1 Å². The number of nitrogens with one attached hydrogen (secondary N) is 1. The largest absolute Gasteiger partial charge is 0.490 e. The Hall–Kier alpha value is -3.65. The van der Waals surface area contributed by atoms with Crippen molar-refractivity contribution in [1.82, 2.24) is 9.55 Å². The highest BCUT2D eigenvalue weighted by Crippen LogP contribution is 2.28. The van der Waals surface area contributed by atoms with E-state index in [1.54, 1.807) is 55.0 Å². The predicted octanol–water partition coefficient (Wildman–Crippen LogP) is 5.91. The summed E-state index contributed by atoms with van der Waals surface area (Å²) in [6.45, 7) is 1.02. The Morgan fingerprint density at radius 2 is 1.88 bits per heavy atom. The Labute approximate surface area is 192 Å². The molecule has 1 amide bonds. The molecular formula is C24H19BrFN3O3.